The molecule has 4 aromatic rings. The van der Waals surface area contributed by atoms with E-state index >= 15 is 0 Å². The Balaban J connectivity index is 1.77. The number of H-pyrrole nitrogens is 1. The number of carbonyl (C=O) groups excluding carboxylic acids is 1. The molecule has 0 aliphatic heterocycles. The maximum absolute atomic E-state index is 13.4. The van der Waals surface area contributed by atoms with Crippen LogP contribution < -0.4 is 5.56 Å². The summed E-state index contributed by atoms with van der Waals surface area (Å²) in [4.78, 5) is 36.0. The Bertz CT molecular complexity index is 1300. The molecule has 7 nitrogen and oxygen atoms in total. The molecule has 31 heavy (non-hydrogen) atoms. The first-order valence-electron chi connectivity index (χ1n) is 11.1. The van der Waals surface area contributed by atoms with Gasteiger partial charge in [0, 0.05) is 31.9 Å². The third kappa shape index (κ3) is 3.84. The summed E-state index contributed by atoms with van der Waals surface area (Å²) in [5.74, 6) is 1.68. The number of imidazole rings is 1. The molecule has 4 rings (SSSR count). The first kappa shape index (κ1) is 21.2. The van der Waals surface area contributed by atoms with Crippen LogP contribution in [-0.2, 0) is 7.05 Å². The molecule has 3 heterocycles. The molecule has 164 valence electrons. The second-order valence-electron chi connectivity index (χ2n) is 9.21. The van der Waals surface area contributed by atoms with Gasteiger partial charge in [0.1, 0.15) is 5.52 Å². The number of carbonyl (C=O) groups is 1. The molecular formula is C24H31N5O2. The molecule has 0 radical (unpaired) electrons. The Kier molecular flexibility index (Phi) is 5.60. The van der Waals surface area contributed by atoms with Gasteiger partial charge >= 0.3 is 0 Å². The highest BCUT2D eigenvalue weighted by Crippen LogP contribution is 2.22. The Hall–Kier alpha value is -3.09. The highest BCUT2D eigenvalue weighted by molar-refractivity contribution is 5.98. The van der Waals surface area contributed by atoms with E-state index in [2.05, 4.69) is 37.7 Å². The van der Waals surface area contributed by atoms with Crippen molar-refractivity contribution in [3.63, 3.8) is 0 Å². The molecule has 0 fully saturated rings. The van der Waals surface area contributed by atoms with Crippen LogP contribution in [-0.4, -0.2) is 42.8 Å². The predicted molar refractivity (Wildman–Crippen MR) is 125 cm³/mol. The van der Waals surface area contributed by atoms with Crippen LogP contribution in [0.3, 0.4) is 0 Å². The lowest BCUT2D eigenvalue weighted by Crippen LogP contribution is -2.34. The number of benzene rings is 1. The van der Waals surface area contributed by atoms with Gasteiger partial charge in [-0.1, -0.05) is 27.7 Å². The average Bonchev–Trinajstić information content (AvgIpc) is 3.31. The van der Waals surface area contributed by atoms with Gasteiger partial charge in [-0.3, -0.25) is 9.59 Å². The fraction of sp³-hybridized carbons (Fsp3) is 0.458. The van der Waals surface area contributed by atoms with E-state index in [-0.39, 0.29) is 11.5 Å². The van der Waals surface area contributed by atoms with E-state index in [9.17, 15) is 9.59 Å². The third-order valence-corrected chi connectivity index (χ3v) is 5.93. The van der Waals surface area contributed by atoms with Gasteiger partial charge in [-0.15, -0.1) is 0 Å². The molecule has 0 aliphatic rings. The molecule has 1 N–H and O–H groups in total. The summed E-state index contributed by atoms with van der Waals surface area (Å²) < 4.78 is 3.49. The average molecular weight is 422 g/mol. The predicted octanol–water partition coefficient (Wildman–Crippen LogP) is 4.20. The molecule has 0 atom stereocenters. The first-order chi connectivity index (χ1) is 14.8. The van der Waals surface area contributed by atoms with Gasteiger partial charge in [-0.25, -0.2) is 9.38 Å². The molecule has 3 aromatic heterocycles. The normalized spacial score (nSPS) is 12.1. The molecule has 0 aliphatic carbocycles. The summed E-state index contributed by atoms with van der Waals surface area (Å²) in [6.45, 7) is 10.2. The van der Waals surface area contributed by atoms with Crippen LogP contribution in [0.5, 0.6) is 0 Å². The van der Waals surface area contributed by atoms with Gasteiger partial charge in [-0.05, 0) is 48.9 Å². The minimum Gasteiger partial charge on any atom is -0.355 e. The number of nitrogens with one attached hydrogen (secondary N) is 1. The molecule has 7 heteroatoms. The van der Waals surface area contributed by atoms with Crippen LogP contribution in [0.25, 0.3) is 27.8 Å². The van der Waals surface area contributed by atoms with E-state index in [0.29, 0.717) is 34.2 Å². The number of rotatable bonds is 7. The maximum atomic E-state index is 13.4. The van der Waals surface area contributed by atoms with Crippen LogP contribution in [0, 0.1) is 11.8 Å². The van der Waals surface area contributed by atoms with E-state index < -0.39 is 0 Å². The van der Waals surface area contributed by atoms with Gasteiger partial charge in [0.15, 0.2) is 0 Å². The zero-order valence-corrected chi connectivity index (χ0v) is 19.0. The SMILES string of the molecule is CC(C)CCN(CCC(C)C)C(=O)c1ccc2c(c1)n(C)c1nc3cc[nH]c3c(=O)n21. The summed E-state index contributed by atoms with van der Waals surface area (Å²) in [7, 11) is 1.88. The van der Waals surface area contributed by atoms with Crippen LogP contribution in [0.1, 0.15) is 50.9 Å². The molecule has 0 bridgehead atoms. The minimum atomic E-state index is -0.134. The zero-order chi connectivity index (χ0) is 22.3. The van der Waals surface area contributed by atoms with Crippen molar-refractivity contribution < 1.29 is 4.79 Å². The highest BCUT2D eigenvalue weighted by atomic mass is 16.2. The van der Waals surface area contributed by atoms with Gasteiger partial charge in [0.25, 0.3) is 11.5 Å². The number of hydrogen-bond acceptors (Lipinski definition) is 3. The second-order valence-corrected chi connectivity index (χ2v) is 9.21. The topological polar surface area (TPSA) is 75.4 Å². The molecule has 1 amide bonds. The highest BCUT2D eigenvalue weighted by Gasteiger charge is 2.20. The van der Waals surface area contributed by atoms with E-state index in [4.69, 9.17) is 0 Å². The summed E-state index contributed by atoms with van der Waals surface area (Å²) in [5, 5.41) is 0. The number of amides is 1. The van der Waals surface area contributed by atoms with E-state index in [1.165, 1.54) is 0 Å². The Morgan fingerprint density at radius 2 is 1.74 bits per heavy atom. The largest absolute Gasteiger partial charge is 0.355 e. The zero-order valence-electron chi connectivity index (χ0n) is 19.0. The number of fused-ring (bicyclic) bond motifs is 4. The van der Waals surface area contributed by atoms with Gasteiger partial charge in [0.2, 0.25) is 5.78 Å². The van der Waals surface area contributed by atoms with Crippen LogP contribution in [0.15, 0.2) is 35.3 Å². The lowest BCUT2D eigenvalue weighted by atomic mass is 10.1. The fourth-order valence-corrected chi connectivity index (χ4v) is 3.98. The minimum absolute atomic E-state index is 0.0425. The Labute approximate surface area is 181 Å². The van der Waals surface area contributed by atoms with Crippen molar-refractivity contribution in [2.45, 2.75) is 40.5 Å². The van der Waals surface area contributed by atoms with Gasteiger partial charge in [0.05, 0.1) is 16.6 Å². The van der Waals surface area contributed by atoms with Crippen molar-refractivity contribution in [3.8, 4) is 0 Å². The van der Waals surface area contributed by atoms with Gasteiger partial charge in [-0.2, -0.15) is 0 Å². The number of nitrogens with zero attached hydrogens (tertiary/aromatic N) is 4. The Morgan fingerprint density at radius 1 is 1.06 bits per heavy atom. The second kappa shape index (κ2) is 8.21. The molecule has 0 saturated carbocycles. The smallest absolute Gasteiger partial charge is 0.283 e. The third-order valence-electron chi connectivity index (χ3n) is 5.93. The summed E-state index contributed by atoms with van der Waals surface area (Å²) in [6, 6.07) is 7.37. The fourth-order valence-electron chi connectivity index (χ4n) is 3.98. The molecule has 0 saturated heterocycles. The lowest BCUT2D eigenvalue weighted by molar-refractivity contribution is 0.0741. The Morgan fingerprint density at radius 3 is 2.39 bits per heavy atom. The number of aromatic amines is 1. The quantitative estimate of drug-likeness (QED) is 0.486. The lowest BCUT2D eigenvalue weighted by Gasteiger charge is -2.24. The van der Waals surface area contributed by atoms with Crippen molar-refractivity contribution in [3.05, 3.63) is 46.4 Å². The maximum Gasteiger partial charge on any atom is 0.283 e. The van der Waals surface area contributed by atoms with Gasteiger partial charge < -0.3 is 14.5 Å². The van der Waals surface area contributed by atoms with Crippen molar-refractivity contribution in [2.75, 3.05) is 13.1 Å². The molecule has 0 unspecified atom stereocenters. The van der Waals surface area contributed by atoms with Crippen LogP contribution in [0.4, 0.5) is 0 Å². The van der Waals surface area contributed by atoms with Crippen molar-refractivity contribution in [1.29, 1.82) is 0 Å². The van der Waals surface area contributed by atoms with Crippen LogP contribution in [0.2, 0.25) is 0 Å². The van der Waals surface area contributed by atoms with Crippen LogP contribution >= 0.6 is 0 Å². The number of hydrogen-bond donors (Lipinski definition) is 1. The number of aromatic nitrogens is 4. The number of aryl methyl sites for hydroxylation is 1. The van der Waals surface area contributed by atoms with E-state index in [0.717, 1.165) is 37.0 Å². The summed E-state index contributed by atoms with van der Waals surface area (Å²) in [5.41, 5.74) is 3.20. The molecule has 0 spiro atoms. The molecule has 1 aromatic carbocycles. The standard InChI is InChI=1S/C24H31N5O2/c1-15(2)9-12-28(13-10-16(3)4)22(30)17-6-7-19-20(14-17)27(5)24-26-18-8-11-25-21(18)23(31)29(19)24/h6-8,11,14-16,25H,9-10,12-13H2,1-5H3. The first-order valence-corrected chi connectivity index (χ1v) is 11.1. The van der Waals surface area contributed by atoms with E-state index in [1.807, 2.05) is 34.7 Å². The summed E-state index contributed by atoms with van der Waals surface area (Å²) in [6.07, 6.45) is 3.68. The van der Waals surface area contributed by atoms with Crippen molar-refractivity contribution in [1.82, 2.24) is 23.8 Å². The summed E-state index contributed by atoms with van der Waals surface area (Å²) >= 11 is 0. The monoisotopic (exact) mass is 421 g/mol. The van der Waals surface area contributed by atoms with Crippen molar-refractivity contribution >= 4 is 33.8 Å². The molecular weight excluding hydrogens is 390 g/mol. The van der Waals surface area contributed by atoms with E-state index in [1.54, 1.807) is 16.7 Å². The van der Waals surface area contributed by atoms with Crippen molar-refractivity contribution in [2.24, 2.45) is 18.9 Å².